The van der Waals surface area contributed by atoms with Crippen molar-refractivity contribution in [3.05, 3.63) is 30.4 Å². The number of H-pyrrole nitrogens is 1. The monoisotopic (exact) mass is 268 g/mol. The van der Waals surface area contributed by atoms with Gasteiger partial charge in [-0.25, -0.2) is 0 Å². The lowest BCUT2D eigenvalue weighted by atomic mass is 10.0. The lowest BCUT2D eigenvalue weighted by Gasteiger charge is -2.06. The summed E-state index contributed by atoms with van der Waals surface area (Å²) in [4.78, 5) is 12.2. The molecule has 0 aliphatic heterocycles. The van der Waals surface area contributed by atoms with Crippen LogP contribution in [0.15, 0.2) is 29.0 Å². The van der Waals surface area contributed by atoms with Crippen LogP contribution in [-0.2, 0) is 5.41 Å². The van der Waals surface area contributed by atoms with Gasteiger partial charge in [-0.2, -0.15) is 4.98 Å². The predicted octanol–water partition coefficient (Wildman–Crippen LogP) is 3.44. The van der Waals surface area contributed by atoms with Crippen molar-refractivity contribution in [2.75, 3.05) is 0 Å². The largest absolute Gasteiger partial charge is 0.361 e. The highest BCUT2D eigenvalue weighted by Crippen LogP contribution is 2.51. The molecule has 5 heteroatoms. The van der Waals surface area contributed by atoms with Crippen molar-refractivity contribution in [1.82, 2.24) is 20.1 Å². The Balaban J connectivity index is 1.77. The third-order valence-corrected chi connectivity index (χ3v) is 4.15. The molecule has 3 aromatic heterocycles. The predicted molar refractivity (Wildman–Crippen MR) is 75.2 cm³/mol. The fourth-order valence-corrected chi connectivity index (χ4v) is 2.90. The van der Waals surface area contributed by atoms with E-state index in [1.807, 2.05) is 18.3 Å². The molecule has 1 aliphatic carbocycles. The van der Waals surface area contributed by atoms with Gasteiger partial charge in [0.1, 0.15) is 5.69 Å². The highest BCUT2D eigenvalue weighted by atomic mass is 16.5. The zero-order valence-electron chi connectivity index (χ0n) is 11.4. The molecule has 1 N–H and O–H groups in total. The van der Waals surface area contributed by atoms with Gasteiger partial charge in [0, 0.05) is 28.7 Å². The van der Waals surface area contributed by atoms with Crippen LogP contribution in [0.5, 0.6) is 0 Å². The molecule has 0 aromatic carbocycles. The van der Waals surface area contributed by atoms with E-state index in [1.165, 1.54) is 0 Å². The smallest absolute Gasteiger partial charge is 0.233 e. The summed E-state index contributed by atoms with van der Waals surface area (Å²) in [7, 11) is 0. The SMILES string of the molecule is CCCC1(c2nc(-c3nccc4[nH]ccc34)no2)CC1. The molecule has 0 saturated heterocycles. The molecule has 0 radical (unpaired) electrons. The molecule has 0 unspecified atom stereocenters. The van der Waals surface area contributed by atoms with Crippen LogP contribution in [-0.4, -0.2) is 20.1 Å². The van der Waals surface area contributed by atoms with Crippen LogP contribution < -0.4 is 0 Å². The van der Waals surface area contributed by atoms with Gasteiger partial charge in [0.25, 0.3) is 0 Å². The van der Waals surface area contributed by atoms with Crippen molar-refractivity contribution in [2.45, 2.75) is 38.0 Å². The fraction of sp³-hybridized carbons (Fsp3) is 0.400. The minimum Gasteiger partial charge on any atom is -0.361 e. The number of nitrogens with zero attached hydrogens (tertiary/aromatic N) is 3. The number of nitrogens with one attached hydrogen (secondary N) is 1. The second-order valence-corrected chi connectivity index (χ2v) is 5.55. The number of fused-ring (bicyclic) bond motifs is 1. The average molecular weight is 268 g/mol. The summed E-state index contributed by atoms with van der Waals surface area (Å²) in [5, 5.41) is 5.17. The molecule has 1 saturated carbocycles. The van der Waals surface area contributed by atoms with Gasteiger partial charge in [-0.1, -0.05) is 18.5 Å². The molecule has 3 aromatic rings. The molecular formula is C15H16N4O. The lowest BCUT2D eigenvalue weighted by molar-refractivity contribution is 0.336. The van der Waals surface area contributed by atoms with Gasteiger partial charge in [0.15, 0.2) is 0 Å². The third kappa shape index (κ3) is 1.66. The highest BCUT2D eigenvalue weighted by molar-refractivity contribution is 5.90. The normalized spacial score (nSPS) is 16.6. The van der Waals surface area contributed by atoms with E-state index in [-0.39, 0.29) is 5.41 Å². The van der Waals surface area contributed by atoms with E-state index < -0.39 is 0 Å². The zero-order chi connectivity index (χ0) is 13.6. The lowest BCUT2D eigenvalue weighted by Crippen LogP contribution is -2.06. The van der Waals surface area contributed by atoms with Gasteiger partial charge in [0.2, 0.25) is 11.7 Å². The number of aromatic amines is 1. The molecule has 102 valence electrons. The summed E-state index contributed by atoms with van der Waals surface area (Å²) in [5.41, 5.74) is 1.97. The number of pyridine rings is 1. The molecule has 3 heterocycles. The summed E-state index contributed by atoms with van der Waals surface area (Å²) in [6.07, 6.45) is 8.24. The third-order valence-electron chi connectivity index (χ3n) is 4.15. The Hall–Kier alpha value is -2.17. The molecule has 4 rings (SSSR count). The molecule has 20 heavy (non-hydrogen) atoms. The van der Waals surface area contributed by atoms with Gasteiger partial charge in [-0.05, 0) is 31.4 Å². The molecule has 1 fully saturated rings. The second kappa shape index (κ2) is 4.16. The van der Waals surface area contributed by atoms with Crippen LogP contribution in [0.2, 0.25) is 0 Å². The van der Waals surface area contributed by atoms with E-state index in [2.05, 4.69) is 27.0 Å². The van der Waals surface area contributed by atoms with Crippen LogP contribution in [0.25, 0.3) is 22.4 Å². The molecule has 0 spiro atoms. The van der Waals surface area contributed by atoms with Crippen LogP contribution in [0.1, 0.15) is 38.5 Å². The zero-order valence-corrected chi connectivity index (χ0v) is 11.4. The first-order valence-corrected chi connectivity index (χ1v) is 7.09. The van der Waals surface area contributed by atoms with Crippen LogP contribution in [0, 0.1) is 0 Å². The van der Waals surface area contributed by atoms with Crippen LogP contribution in [0.3, 0.4) is 0 Å². The summed E-state index contributed by atoms with van der Waals surface area (Å²) < 4.78 is 5.51. The number of aromatic nitrogens is 4. The highest BCUT2D eigenvalue weighted by Gasteiger charge is 2.48. The van der Waals surface area contributed by atoms with Crippen molar-refractivity contribution >= 4 is 10.9 Å². The number of hydrogen-bond donors (Lipinski definition) is 1. The van der Waals surface area contributed by atoms with E-state index in [9.17, 15) is 0 Å². The maximum Gasteiger partial charge on any atom is 0.233 e. The molecule has 0 bridgehead atoms. The molecule has 0 amide bonds. The Labute approximate surface area is 116 Å². The molecule has 0 atom stereocenters. The average Bonchev–Trinajstić information content (AvgIpc) is 2.94. The van der Waals surface area contributed by atoms with Gasteiger partial charge in [-0.15, -0.1) is 0 Å². The van der Waals surface area contributed by atoms with Gasteiger partial charge in [0.05, 0.1) is 0 Å². The Bertz CT molecular complexity index is 754. The van der Waals surface area contributed by atoms with E-state index in [1.54, 1.807) is 6.20 Å². The quantitative estimate of drug-likeness (QED) is 0.787. The van der Waals surface area contributed by atoms with Crippen molar-refractivity contribution in [3.8, 4) is 11.5 Å². The van der Waals surface area contributed by atoms with Crippen molar-refractivity contribution in [3.63, 3.8) is 0 Å². The Morgan fingerprint density at radius 3 is 3.05 bits per heavy atom. The minimum absolute atomic E-state index is 0.145. The summed E-state index contributed by atoms with van der Waals surface area (Å²) in [6.45, 7) is 2.19. The minimum atomic E-state index is 0.145. The van der Waals surface area contributed by atoms with E-state index >= 15 is 0 Å². The first kappa shape index (κ1) is 11.6. The van der Waals surface area contributed by atoms with Gasteiger partial charge >= 0.3 is 0 Å². The Kier molecular flexibility index (Phi) is 2.42. The van der Waals surface area contributed by atoms with E-state index in [0.717, 1.165) is 48.2 Å². The van der Waals surface area contributed by atoms with Gasteiger partial charge in [-0.3, -0.25) is 4.98 Å². The van der Waals surface area contributed by atoms with Crippen molar-refractivity contribution in [2.24, 2.45) is 0 Å². The summed E-state index contributed by atoms with van der Waals surface area (Å²) in [5.74, 6) is 1.37. The Morgan fingerprint density at radius 1 is 1.35 bits per heavy atom. The van der Waals surface area contributed by atoms with Gasteiger partial charge < -0.3 is 9.51 Å². The number of hydrogen-bond acceptors (Lipinski definition) is 4. The Morgan fingerprint density at radius 2 is 2.25 bits per heavy atom. The maximum atomic E-state index is 5.51. The topological polar surface area (TPSA) is 67.6 Å². The number of rotatable bonds is 4. The second-order valence-electron chi connectivity index (χ2n) is 5.55. The summed E-state index contributed by atoms with van der Waals surface area (Å²) in [6, 6.07) is 3.94. The first-order valence-electron chi connectivity index (χ1n) is 7.09. The molecular weight excluding hydrogens is 252 g/mol. The van der Waals surface area contributed by atoms with E-state index in [0.29, 0.717) is 5.82 Å². The van der Waals surface area contributed by atoms with Crippen LogP contribution >= 0.6 is 0 Å². The first-order chi connectivity index (χ1) is 9.82. The molecule has 1 aliphatic rings. The maximum absolute atomic E-state index is 5.51. The summed E-state index contributed by atoms with van der Waals surface area (Å²) >= 11 is 0. The van der Waals surface area contributed by atoms with Crippen LogP contribution in [0.4, 0.5) is 0 Å². The van der Waals surface area contributed by atoms with Crippen molar-refractivity contribution in [1.29, 1.82) is 0 Å². The van der Waals surface area contributed by atoms with Crippen molar-refractivity contribution < 1.29 is 4.52 Å². The standard InChI is InChI=1S/C15H16N4O/c1-2-5-15(6-7-15)14-18-13(19-20-14)12-10-3-8-16-11(10)4-9-17-12/h3-4,8-9,16H,2,5-7H2,1H3. The van der Waals surface area contributed by atoms with E-state index in [4.69, 9.17) is 4.52 Å². The fourth-order valence-electron chi connectivity index (χ4n) is 2.90. The molecule has 5 nitrogen and oxygen atoms in total.